The van der Waals surface area contributed by atoms with Crippen molar-refractivity contribution in [3.05, 3.63) is 34.9 Å². The third-order valence-corrected chi connectivity index (χ3v) is 3.11. The van der Waals surface area contributed by atoms with Gasteiger partial charge in [0.05, 0.1) is 12.1 Å². The van der Waals surface area contributed by atoms with E-state index in [9.17, 15) is 4.79 Å². The van der Waals surface area contributed by atoms with E-state index in [0.717, 1.165) is 5.56 Å². The van der Waals surface area contributed by atoms with E-state index in [4.69, 9.17) is 17.3 Å². The van der Waals surface area contributed by atoms with Gasteiger partial charge in [-0.1, -0.05) is 29.8 Å². The molecule has 108 valence electrons. The van der Waals surface area contributed by atoms with E-state index in [0.29, 0.717) is 11.6 Å². The van der Waals surface area contributed by atoms with Gasteiger partial charge in [-0.05, 0) is 32.6 Å². The number of nitrogens with one attached hydrogen (secondary N) is 1. The van der Waals surface area contributed by atoms with Gasteiger partial charge < -0.3 is 16.0 Å². The molecule has 1 amide bonds. The maximum atomic E-state index is 11.5. The lowest BCUT2D eigenvalue weighted by Crippen LogP contribution is -2.42. The Balaban J connectivity index is 0.00000324. The van der Waals surface area contributed by atoms with Crippen LogP contribution < -0.4 is 11.1 Å². The Labute approximate surface area is 125 Å². The van der Waals surface area contributed by atoms with Crippen molar-refractivity contribution in [3.8, 4) is 0 Å². The second-order valence-corrected chi connectivity index (χ2v) is 4.94. The van der Waals surface area contributed by atoms with Crippen LogP contribution in [0.25, 0.3) is 0 Å². The third-order valence-electron chi connectivity index (χ3n) is 2.77. The number of nitrogens with zero attached hydrogens (tertiary/aromatic N) is 1. The van der Waals surface area contributed by atoms with Crippen LogP contribution in [-0.2, 0) is 4.79 Å². The van der Waals surface area contributed by atoms with Gasteiger partial charge in [0.15, 0.2) is 0 Å². The molecular weight excluding hydrogens is 285 g/mol. The van der Waals surface area contributed by atoms with Gasteiger partial charge in [-0.3, -0.25) is 4.79 Å². The average Bonchev–Trinajstić information content (AvgIpc) is 2.30. The van der Waals surface area contributed by atoms with Crippen LogP contribution >= 0.6 is 24.0 Å². The van der Waals surface area contributed by atoms with E-state index in [1.807, 2.05) is 43.3 Å². The number of carbonyl (C=O) groups is 1. The van der Waals surface area contributed by atoms with E-state index in [1.54, 1.807) is 6.92 Å². The molecule has 1 aromatic carbocycles. The molecule has 0 aliphatic carbocycles. The zero-order chi connectivity index (χ0) is 13.7. The minimum Gasteiger partial charge on any atom is -0.353 e. The number of likely N-dealkylation sites (N-methyl/N-ethyl adjacent to an activating group) is 1. The second kappa shape index (κ2) is 8.38. The Morgan fingerprint density at radius 1 is 1.42 bits per heavy atom. The standard InChI is InChI=1S/C13H20ClN3O.ClH/c1-9(15)13(18)16-8-12(17(2)3)10-6-4-5-7-11(10)14;/h4-7,9,12H,8,15H2,1-3H3,(H,16,18);1H. The molecule has 0 bridgehead atoms. The first-order valence-corrected chi connectivity index (χ1v) is 6.25. The van der Waals surface area contributed by atoms with E-state index >= 15 is 0 Å². The van der Waals surface area contributed by atoms with E-state index < -0.39 is 6.04 Å². The highest BCUT2D eigenvalue weighted by atomic mass is 35.5. The smallest absolute Gasteiger partial charge is 0.236 e. The van der Waals surface area contributed by atoms with Gasteiger partial charge in [-0.25, -0.2) is 0 Å². The fourth-order valence-corrected chi connectivity index (χ4v) is 1.94. The predicted octanol–water partition coefficient (Wildman–Crippen LogP) is 1.83. The van der Waals surface area contributed by atoms with Crippen molar-refractivity contribution in [3.63, 3.8) is 0 Å². The van der Waals surface area contributed by atoms with Gasteiger partial charge in [0.2, 0.25) is 5.91 Å². The largest absolute Gasteiger partial charge is 0.353 e. The van der Waals surface area contributed by atoms with Crippen molar-refractivity contribution in [2.45, 2.75) is 19.0 Å². The van der Waals surface area contributed by atoms with Gasteiger partial charge in [0, 0.05) is 11.6 Å². The summed E-state index contributed by atoms with van der Waals surface area (Å²) in [6, 6.07) is 7.16. The van der Waals surface area contributed by atoms with Gasteiger partial charge in [-0.2, -0.15) is 0 Å². The van der Waals surface area contributed by atoms with Crippen LogP contribution in [0.1, 0.15) is 18.5 Å². The molecule has 0 aliphatic heterocycles. The maximum Gasteiger partial charge on any atom is 0.236 e. The number of carbonyl (C=O) groups excluding carboxylic acids is 1. The number of benzene rings is 1. The molecule has 19 heavy (non-hydrogen) atoms. The van der Waals surface area contributed by atoms with Gasteiger partial charge >= 0.3 is 0 Å². The summed E-state index contributed by atoms with van der Waals surface area (Å²) < 4.78 is 0. The summed E-state index contributed by atoms with van der Waals surface area (Å²) in [6.45, 7) is 2.15. The molecule has 0 spiro atoms. The van der Waals surface area contributed by atoms with Crippen LogP contribution in [0.3, 0.4) is 0 Å². The first-order chi connectivity index (χ1) is 8.43. The van der Waals surface area contributed by atoms with Crippen LogP contribution in [0.5, 0.6) is 0 Å². The normalized spacial score (nSPS) is 13.6. The number of rotatable bonds is 5. The zero-order valence-corrected chi connectivity index (χ0v) is 13.0. The number of halogens is 2. The van der Waals surface area contributed by atoms with Crippen molar-refractivity contribution in [2.75, 3.05) is 20.6 Å². The quantitative estimate of drug-likeness (QED) is 0.872. The van der Waals surface area contributed by atoms with Crippen molar-refractivity contribution in [1.29, 1.82) is 0 Å². The summed E-state index contributed by atoms with van der Waals surface area (Å²) in [5, 5.41) is 3.53. The van der Waals surface area contributed by atoms with Crippen molar-refractivity contribution in [1.82, 2.24) is 10.2 Å². The molecular formula is C13H21Cl2N3O. The van der Waals surface area contributed by atoms with Crippen LogP contribution in [0.2, 0.25) is 5.02 Å². The van der Waals surface area contributed by atoms with Gasteiger partial charge in [0.25, 0.3) is 0 Å². The first kappa shape index (κ1) is 18.2. The third kappa shape index (κ3) is 5.37. The van der Waals surface area contributed by atoms with E-state index in [1.165, 1.54) is 0 Å². The van der Waals surface area contributed by atoms with Crippen LogP contribution in [0.15, 0.2) is 24.3 Å². The molecule has 0 aromatic heterocycles. The summed E-state index contributed by atoms with van der Waals surface area (Å²) >= 11 is 6.18. The number of nitrogens with two attached hydrogens (primary N) is 1. The molecule has 0 saturated heterocycles. The zero-order valence-electron chi connectivity index (χ0n) is 11.4. The Morgan fingerprint density at radius 2 is 2.00 bits per heavy atom. The summed E-state index contributed by atoms with van der Waals surface area (Å²) in [5.74, 6) is -0.158. The second-order valence-electron chi connectivity index (χ2n) is 4.53. The molecule has 0 aliphatic rings. The highest BCUT2D eigenvalue weighted by Gasteiger charge is 2.18. The van der Waals surface area contributed by atoms with Crippen LogP contribution in [0.4, 0.5) is 0 Å². The Kier molecular flexibility index (Phi) is 8.02. The van der Waals surface area contributed by atoms with Crippen molar-refractivity contribution < 1.29 is 4.79 Å². The fraction of sp³-hybridized carbons (Fsp3) is 0.462. The Morgan fingerprint density at radius 3 is 2.47 bits per heavy atom. The minimum absolute atomic E-state index is 0. The highest BCUT2D eigenvalue weighted by molar-refractivity contribution is 6.31. The van der Waals surface area contributed by atoms with Crippen LogP contribution in [-0.4, -0.2) is 37.5 Å². The predicted molar refractivity (Wildman–Crippen MR) is 81.8 cm³/mol. The minimum atomic E-state index is -0.501. The molecule has 2 unspecified atom stereocenters. The molecule has 1 aromatic rings. The van der Waals surface area contributed by atoms with Gasteiger partial charge in [-0.15, -0.1) is 12.4 Å². The molecule has 0 radical (unpaired) electrons. The molecule has 0 heterocycles. The summed E-state index contributed by atoms with van der Waals surface area (Å²) in [6.07, 6.45) is 0. The SMILES string of the molecule is CC(N)C(=O)NCC(c1ccccc1Cl)N(C)C.Cl. The van der Waals surface area contributed by atoms with Crippen molar-refractivity contribution in [2.24, 2.45) is 5.73 Å². The lowest BCUT2D eigenvalue weighted by molar-refractivity contribution is -0.122. The van der Waals surface area contributed by atoms with Crippen LogP contribution in [0, 0.1) is 0 Å². The van der Waals surface area contributed by atoms with E-state index in [-0.39, 0.29) is 24.4 Å². The monoisotopic (exact) mass is 305 g/mol. The molecule has 3 N–H and O–H groups in total. The topological polar surface area (TPSA) is 58.4 Å². The molecule has 6 heteroatoms. The molecule has 0 saturated carbocycles. The first-order valence-electron chi connectivity index (χ1n) is 5.87. The Hall–Kier alpha value is -0.810. The number of hydrogen-bond acceptors (Lipinski definition) is 3. The molecule has 0 fully saturated rings. The van der Waals surface area contributed by atoms with E-state index in [2.05, 4.69) is 5.32 Å². The fourth-order valence-electron chi connectivity index (χ4n) is 1.67. The van der Waals surface area contributed by atoms with Gasteiger partial charge in [0.1, 0.15) is 0 Å². The number of hydrogen-bond donors (Lipinski definition) is 2. The maximum absolute atomic E-state index is 11.5. The molecule has 1 rings (SSSR count). The lowest BCUT2D eigenvalue weighted by atomic mass is 10.1. The van der Waals surface area contributed by atoms with Crippen molar-refractivity contribution >= 4 is 29.9 Å². The lowest BCUT2D eigenvalue weighted by Gasteiger charge is -2.26. The summed E-state index contributed by atoms with van der Waals surface area (Å²) in [4.78, 5) is 13.5. The summed E-state index contributed by atoms with van der Waals surface area (Å²) in [7, 11) is 3.90. The number of amides is 1. The molecule has 2 atom stereocenters. The highest BCUT2D eigenvalue weighted by Crippen LogP contribution is 2.25. The summed E-state index contributed by atoms with van der Waals surface area (Å²) in [5.41, 5.74) is 6.51. The molecule has 4 nitrogen and oxygen atoms in total. The average molecular weight is 306 g/mol. The Bertz CT molecular complexity index is 411.